The van der Waals surface area contributed by atoms with Gasteiger partial charge in [-0.1, -0.05) is 0 Å². The Balaban J connectivity index is 0.00000128. The van der Waals surface area contributed by atoms with Crippen LogP contribution in [0.5, 0.6) is 0 Å². The minimum atomic E-state index is -0.0157. The standard InChI is InChI=1S/C11H20N2O2.ClH/c12-5-10(9-3-4-9)13-11(14)7-15-6-8-1-2-8;/h8-10H,1-7,12H2,(H,13,14);1H. The van der Waals surface area contributed by atoms with Gasteiger partial charge in [-0.25, -0.2) is 0 Å². The lowest BCUT2D eigenvalue weighted by molar-refractivity contribution is -0.126. The number of hydrogen-bond donors (Lipinski definition) is 2. The van der Waals surface area contributed by atoms with Crippen LogP contribution in [0.1, 0.15) is 25.7 Å². The first-order valence-corrected chi connectivity index (χ1v) is 5.86. The molecular formula is C11H21ClN2O2. The molecule has 1 amide bonds. The number of rotatable bonds is 7. The third kappa shape index (κ3) is 4.68. The van der Waals surface area contributed by atoms with Crippen molar-refractivity contribution in [1.82, 2.24) is 5.32 Å². The van der Waals surface area contributed by atoms with E-state index in [1.54, 1.807) is 0 Å². The largest absolute Gasteiger partial charge is 0.371 e. The van der Waals surface area contributed by atoms with Gasteiger partial charge in [-0.3, -0.25) is 4.79 Å². The molecule has 0 radical (unpaired) electrons. The first-order valence-electron chi connectivity index (χ1n) is 5.86. The molecule has 2 rings (SSSR count). The highest BCUT2D eigenvalue weighted by molar-refractivity contribution is 5.85. The summed E-state index contributed by atoms with van der Waals surface area (Å²) < 4.78 is 5.31. The number of amides is 1. The molecule has 2 fully saturated rings. The molecule has 0 spiro atoms. The summed E-state index contributed by atoms with van der Waals surface area (Å²) in [5.41, 5.74) is 5.59. The van der Waals surface area contributed by atoms with E-state index in [1.807, 2.05) is 0 Å². The van der Waals surface area contributed by atoms with E-state index in [4.69, 9.17) is 10.5 Å². The summed E-state index contributed by atoms with van der Waals surface area (Å²) in [6.45, 7) is 1.48. The maximum atomic E-state index is 11.5. The van der Waals surface area contributed by atoms with Crippen LogP contribution in [0.4, 0.5) is 0 Å². The lowest BCUT2D eigenvalue weighted by atomic mass is 10.2. The van der Waals surface area contributed by atoms with Gasteiger partial charge in [0.2, 0.25) is 5.91 Å². The number of nitrogens with one attached hydrogen (secondary N) is 1. The molecule has 3 N–H and O–H groups in total. The fourth-order valence-electron chi connectivity index (χ4n) is 1.72. The maximum Gasteiger partial charge on any atom is 0.246 e. The summed E-state index contributed by atoms with van der Waals surface area (Å²) in [5.74, 6) is 1.31. The van der Waals surface area contributed by atoms with Crippen LogP contribution < -0.4 is 11.1 Å². The maximum absolute atomic E-state index is 11.5. The van der Waals surface area contributed by atoms with Gasteiger partial charge in [0.1, 0.15) is 6.61 Å². The lowest BCUT2D eigenvalue weighted by Crippen LogP contribution is -2.43. The zero-order chi connectivity index (χ0) is 10.7. The Hall–Kier alpha value is -0.320. The van der Waals surface area contributed by atoms with Gasteiger partial charge in [-0.2, -0.15) is 0 Å². The molecule has 2 saturated carbocycles. The Kier molecular flexibility index (Phi) is 5.52. The second-order valence-corrected chi connectivity index (χ2v) is 4.71. The normalized spacial score (nSPS) is 21.1. The Bertz CT molecular complexity index is 230. The predicted molar refractivity (Wildman–Crippen MR) is 64.5 cm³/mol. The number of nitrogens with two attached hydrogens (primary N) is 1. The van der Waals surface area contributed by atoms with Crippen LogP contribution in [0.3, 0.4) is 0 Å². The van der Waals surface area contributed by atoms with Gasteiger partial charge in [0.05, 0.1) is 6.61 Å². The highest BCUT2D eigenvalue weighted by Crippen LogP contribution is 2.32. The minimum absolute atomic E-state index is 0. The monoisotopic (exact) mass is 248 g/mol. The van der Waals surface area contributed by atoms with Crippen LogP contribution in [0, 0.1) is 11.8 Å². The van der Waals surface area contributed by atoms with E-state index in [1.165, 1.54) is 25.7 Å². The van der Waals surface area contributed by atoms with E-state index in [0.29, 0.717) is 18.4 Å². The molecule has 1 atom stereocenters. The summed E-state index contributed by atoms with van der Waals surface area (Å²) in [5, 5.41) is 2.93. The Morgan fingerprint density at radius 2 is 2.06 bits per heavy atom. The highest BCUT2D eigenvalue weighted by atomic mass is 35.5. The fraction of sp³-hybridized carbons (Fsp3) is 0.909. The Morgan fingerprint density at radius 1 is 1.38 bits per heavy atom. The molecule has 0 saturated heterocycles. The van der Waals surface area contributed by atoms with Crippen LogP contribution >= 0.6 is 12.4 Å². The van der Waals surface area contributed by atoms with E-state index in [2.05, 4.69) is 5.32 Å². The molecule has 0 heterocycles. The average molecular weight is 249 g/mol. The topological polar surface area (TPSA) is 64.3 Å². The van der Waals surface area contributed by atoms with Gasteiger partial charge in [-0.15, -0.1) is 12.4 Å². The number of halogens is 1. The van der Waals surface area contributed by atoms with Gasteiger partial charge < -0.3 is 15.8 Å². The summed E-state index contributed by atoms with van der Waals surface area (Å²) in [6, 6.07) is 0.169. The van der Waals surface area contributed by atoms with Crippen molar-refractivity contribution in [3.8, 4) is 0 Å². The summed E-state index contributed by atoms with van der Waals surface area (Å²) in [4.78, 5) is 11.5. The van der Waals surface area contributed by atoms with Crippen molar-refractivity contribution in [3.05, 3.63) is 0 Å². The molecule has 94 valence electrons. The summed E-state index contributed by atoms with van der Waals surface area (Å²) in [6.07, 6.45) is 4.92. The molecule has 0 aromatic rings. The van der Waals surface area contributed by atoms with Gasteiger partial charge in [-0.05, 0) is 37.5 Å². The third-order valence-electron chi connectivity index (χ3n) is 3.07. The zero-order valence-corrected chi connectivity index (χ0v) is 10.3. The molecule has 1 unspecified atom stereocenters. The van der Waals surface area contributed by atoms with Crippen molar-refractivity contribution >= 4 is 18.3 Å². The van der Waals surface area contributed by atoms with Crippen molar-refractivity contribution in [2.75, 3.05) is 19.8 Å². The molecule has 0 aliphatic heterocycles. The average Bonchev–Trinajstić information content (AvgIpc) is 3.04. The first-order chi connectivity index (χ1) is 7.29. The van der Waals surface area contributed by atoms with Crippen LogP contribution in [-0.2, 0) is 9.53 Å². The Morgan fingerprint density at radius 3 is 2.56 bits per heavy atom. The molecule has 0 aromatic heterocycles. The van der Waals surface area contributed by atoms with Crippen molar-refractivity contribution in [3.63, 3.8) is 0 Å². The van der Waals surface area contributed by atoms with Gasteiger partial charge in [0.15, 0.2) is 0 Å². The summed E-state index contributed by atoms with van der Waals surface area (Å²) in [7, 11) is 0. The Labute approximate surface area is 103 Å². The van der Waals surface area contributed by atoms with Crippen molar-refractivity contribution in [1.29, 1.82) is 0 Å². The number of ether oxygens (including phenoxy) is 1. The van der Waals surface area contributed by atoms with Crippen molar-refractivity contribution in [2.45, 2.75) is 31.7 Å². The van der Waals surface area contributed by atoms with E-state index >= 15 is 0 Å². The van der Waals surface area contributed by atoms with Gasteiger partial charge >= 0.3 is 0 Å². The van der Waals surface area contributed by atoms with Gasteiger partial charge in [0.25, 0.3) is 0 Å². The van der Waals surface area contributed by atoms with Crippen LogP contribution in [0.15, 0.2) is 0 Å². The molecule has 2 aliphatic carbocycles. The molecule has 16 heavy (non-hydrogen) atoms. The molecule has 0 aromatic carbocycles. The first kappa shape index (κ1) is 13.7. The smallest absolute Gasteiger partial charge is 0.246 e. The summed E-state index contributed by atoms with van der Waals surface area (Å²) >= 11 is 0. The number of hydrogen-bond acceptors (Lipinski definition) is 3. The second kappa shape index (κ2) is 6.42. The fourth-order valence-corrected chi connectivity index (χ4v) is 1.72. The van der Waals surface area contributed by atoms with Crippen LogP contribution in [0.25, 0.3) is 0 Å². The minimum Gasteiger partial charge on any atom is -0.371 e. The van der Waals surface area contributed by atoms with E-state index in [9.17, 15) is 4.79 Å². The predicted octanol–water partition coefficient (Wildman–Crippen LogP) is 0.688. The van der Waals surface area contributed by atoms with Crippen LogP contribution in [0.2, 0.25) is 0 Å². The highest BCUT2D eigenvalue weighted by Gasteiger charge is 2.31. The van der Waals surface area contributed by atoms with E-state index in [-0.39, 0.29) is 31.0 Å². The molecule has 4 nitrogen and oxygen atoms in total. The third-order valence-corrected chi connectivity index (χ3v) is 3.07. The van der Waals surface area contributed by atoms with E-state index in [0.717, 1.165) is 6.61 Å². The SMILES string of the molecule is Cl.NCC(NC(=O)COCC1CC1)C1CC1. The van der Waals surface area contributed by atoms with Crippen molar-refractivity contribution in [2.24, 2.45) is 17.6 Å². The quantitative estimate of drug-likeness (QED) is 0.697. The number of carbonyl (C=O) groups is 1. The van der Waals surface area contributed by atoms with Crippen LogP contribution in [-0.4, -0.2) is 31.7 Å². The zero-order valence-electron chi connectivity index (χ0n) is 9.48. The van der Waals surface area contributed by atoms with Crippen molar-refractivity contribution < 1.29 is 9.53 Å². The van der Waals surface area contributed by atoms with Gasteiger partial charge in [0, 0.05) is 12.6 Å². The second-order valence-electron chi connectivity index (χ2n) is 4.71. The number of carbonyl (C=O) groups excluding carboxylic acids is 1. The molecule has 0 bridgehead atoms. The molecular weight excluding hydrogens is 228 g/mol. The van der Waals surface area contributed by atoms with E-state index < -0.39 is 0 Å². The lowest BCUT2D eigenvalue weighted by Gasteiger charge is -2.15. The molecule has 2 aliphatic rings. The molecule has 5 heteroatoms.